The molecule has 1 aliphatic carbocycles. The molecule has 15 nitrogen and oxygen atoms in total. The van der Waals surface area contributed by atoms with Gasteiger partial charge in [0, 0.05) is 67.3 Å². The third-order valence-corrected chi connectivity index (χ3v) is 11.1. The van der Waals surface area contributed by atoms with Crippen LogP contribution in [0.1, 0.15) is 86.1 Å². The minimum Gasteiger partial charge on any atom is -0.489 e. The van der Waals surface area contributed by atoms with E-state index < -0.39 is 23.7 Å². The molecule has 1 unspecified atom stereocenters. The highest BCUT2D eigenvalue weighted by molar-refractivity contribution is 6.09. The second-order valence-corrected chi connectivity index (χ2v) is 15.1. The molecule has 3 N–H and O–H groups in total. The summed E-state index contributed by atoms with van der Waals surface area (Å²) >= 11 is 0. The van der Waals surface area contributed by atoms with E-state index in [9.17, 15) is 19.2 Å². The fourth-order valence-corrected chi connectivity index (χ4v) is 8.18. The second-order valence-electron chi connectivity index (χ2n) is 15.1. The minimum absolute atomic E-state index is 0.114. The zero-order chi connectivity index (χ0) is 39.1. The molecule has 8 rings (SSSR count). The van der Waals surface area contributed by atoms with E-state index in [4.69, 9.17) is 9.84 Å². The van der Waals surface area contributed by atoms with Crippen LogP contribution in [0.2, 0.25) is 0 Å². The van der Waals surface area contributed by atoms with E-state index in [0.717, 1.165) is 56.2 Å². The predicted molar refractivity (Wildman–Crippen MR) is 206 cm³/mol. The molecule has 4 amide bonds. The lowest BCUT2D eigenvalue weighted by Gasteiger charge is -2.50. The number of rotatable bonds is 11. The van der Waals surface area contributed by atoms with Crippen molar-refractivity contribution >= 4 is 51.6 Å². The van der Waals surface area contributed by atoms with Crippen molar-refractivity contribution < 1.29 is 28.3 Å². The molecule has 1 atom stereocenters. The lowest BCUT2D eigenvalue weighted by molar-refractivity contribution is -0.134. The van der Waals surface area contributed by atoms with Gasteiger partial charge in [-0.15, -0.1) is 0 Å². The highest BCUT2D eigenvalue weighted by atomic mass is 19.1. The Morgan fingerprint density at radius 3 is 2.57 bits per heavy atom. The maximum atomic E-state index is 15.1. The summed E-state index contributed by atoms with van der Waals surface area (Å²) in [5.74, 6) is -2.08. The number of benzene rings is 2. The lowest BCUT2D eigenvalue weighted by Crippen LogP contribution is -2.62. The van der Waals surface area contributed by atoms with Gasteiger partial charge in [-0.3, -0.25) is 34.1 Å². The zero-order valence-electron chi connectivity index (χ0n) is 31.6. The second kappa shape index (κ2) is 15.3. The number of aromatic nitrogens is 5. The summed E-state index contributed by atoms with van der Waals surface area (Å²) in [7, 11) is 0. The van der Waals surface area contributed by atoms with Gasteiger partial charge in [0.05, 0.1) is 35.1 Å². The first-order chi connectivity index (χ1) is 27.0. The van der Waals surface area contributed by atoms with Gasteiger partial charge in [0.25, 0.3) is 11.8 Å². The molecule has 3 aliphatic rings. The molecule has 0 bridgehead atoms. The molecular formula is C40H45FN10O5. The predicted octanol–water partition coefficient (Wildman–Crippen LogP) is 4.49. The Bertz CT molecular complexity index is 2310. The summed E-state index contributed by atoms with van der Waals surface area (Å²) in [6.07, 6.45) is 11.1. The number of nitrogens with one attached hydrogen (secondary N) is 3. The van der Waals surface area contributed by atoms with Gasteiger partial charge in [-0.05, 0) is 82.8 Å². The van der Waals surface area contributed by atoms with Crippen LogP contribution in [0.25, 0.3) is 16.6 Å². The SMILES string of the molecule is CCN(C1CN(c2ccc(C(=O)NC3CCC(=O)NC3=O)c(F)c2)C1)[C@H]1CC[C@H](n2cc3cc(NC(=O)c4cnn5cccnc45)c(OC(C)C)cc3n2)CC1. The van der Waals surface area contributed by atoms with Gasteiger partial charge in [-0.2, -0.15) is 10.2 Å². The smallest absolute Gasteiger partial charge is 0.261 e. The number of nitrogens with zero attached hydrogens (tertiary/aromatic N) is 7. The molecule has 5 aromatic rings. The average Bonchev–Trinajstić information content (AvgIpc) is 3.78. The fraction of sp³-hybridized carbons (Fsp3) is 0.425. The van der Waals surface area contributed by atoms with Crippen molar-refractivity contribution in [3.8, 4) is 5.75 Å². The standard InChI is InChI=1S/C40H45FN10O5/c1-4-49(28-21-48(22-28)27-10-11-29(31(41)17-27)38(53)44-32-12-13-36(52)46-40(32)55)25-6-8-26(9-7-25)51-20-24-16-34(35(56-23(2)3)18-33(24)47-51)45-39(54)30-19-43-50-15-5-14-42-37(30)50/h5,10-11,14-20,23,25-26,28,32H,4,6-9,12-13,21-22H2,1-3H3,(H,44,53)(H,45,54)(H,46,52,55)/t25-,26-,32?. The molecule has 3 aromatic heterocycles. The number of fused-ring (bicyclic) bond motifs is 2. The molecule has 3 fully saturated rings. The number of piperidine rings is 1. The maximum Gasteiger partial charge on any atom is 0.261 e. The Labute approximate surface area is 322 Å². The molecule has 16 heteroatoms. The largest absolute Gasteiger partial charge is 0.489 e. The van der Waals surface area contributed by atoms with E-state index in [2.05, 4.69) is 53.6 Å². The third-order valence-electron chi connectivity index (χ3n) is 11.1. The highest BCUT2D eigenvalue weighted by Crippen LogP contribution is 2.37. The number of ether oxygens (including phenoxy) is 1. The number of anilines is 2. The van der Waals surface area contributed by atoms with Crippen LogP contribution in [-0.2, 0) is 9.59 Å². The molecule has 292 valence electrons. The van der Waals surface area contributed by atoms with Crippen molar-refractivity contribution in [1.82, 2.24) is 39.9 Å². The monoisotopic (exact) mass is 764 g/mol. The Morgan fingerprint density at radius 1 is 1.04 bits per heavy atom. The first-order valence-electron chi connectivity index (χ1n) is 19.3. The Balaban J connectivity index is 0.878. The number of imide groups is 1. The third kappa shape index (κ3) is 7.40. The Kier molecular flexibility index (Phi) is 10.1. The van der Waals surface area contributed by atoms with Crippen molar-refractivity contribution in [3.63, 3.8) is 0 Å². The average molecular weight is 765 g/mol. The van der Waals surface area contributed by atoms with Crippen molar-refractivity contribution in [2.45, 2.75) is 89.6 Å². The van der Waals surface area contributed by atoms with Crippen LogP contribution in [0.4, 0.5) is 15.8 Å². The van der Waals surface area contributed by atoms with E-state index >= 15 is 4.39 Å². The molecule has 2 aliphatic heterocycles. The summed E-state index contributed by atoms with van der Waals surface area (Å²) < 4.78 is 24.9. The summed E-state index contributed by atoms with van der Waals surface area (Å²) in [5, 5.41) is 17.9. The molecule has 0 spiro atoms. The summed E-state index contributed by atoms with van der Waals surface area (Å²) in [6, 6.07) is 10.2. The number of halogens is 1. The summed E-state index contributed by atoms with van der Waals surface area (Å²) in [6.45, 7) is 8.49. The zero-order valence-corrected chi connectivity index (χ0v) is 31.6. The van der Waals surface area contributed by atoms with Gasteiger partial charge in [0.2, 0.25) is 11.8 Å². The maximum absolute atomic E-state index is 15.1. The van der Waals surface area contributed by atoms with Gasteiger partial charge in [0.15, 0.2) is 5.65 Å². The molecule has 0 radical (unpaired) electrons. The first kappa shape index (κ1) is 37.0. The van der Waals surface area contributed by atoms with Crippen LogP contribution >= 0.6 is 0 Å². The fourth-order valence-electron chi connectivity index (χ4n) is 8.18. The molecule has 2 saturated heterocycles. The first-order valence-corrected chi connectivity index (χ1v) is 19.3. The Morgan fingerprint density at radius 2 is 1.84 bits per heavy atom. The molecule has 1 saturated carbocycles. The number of amides is 4. The van der Waals surface area contributed by atoms with Gasteiger partial charge >= 0.3 is 0 Å². The number of hydrogen-bond donors (Lipinski definition) is 3. The van der Waals surface area contributed by atoms with Gasteiger partial charge in [-0.25, -0.2) is 13.9 Å². The highest BCUT2D eigenvalue weighted by Gasteiger charge is 2.37. The van der Waals surface area contributed by atoms with E-state index in [-0.39, 0.29) is 42.4 Å². The van der Waals surface area contributed by atoms with Gasteiger partial charge < -0.3 is 20.3 Å². The van der Waals surface area contributed by atoms with Crippen LogP contribution in [0.5, 0.6) is 5.75 Å². The molecule has 2 aromatic carbocycles. The minimum atomic E-state index is -0.870. The van der Waals surface area contributed by atoms with Crippen LogP contribution in [0, 0.1) is 5.82 Å². The quantitative estimate of drug-likeness (QED) is 0.163. The lowest BCUT2D eigenvalue weighted by atomic mass is 9.88. The number of carbonyl (C=O) groups is 4. The van der Waals surface area contributed by atoms with E-state index in [1.54, 1.807) is 29.0 Å². The van der Waals surface area contributed by atoms with Crippen molar-refractivity contribution in [2.75, 3.05) is 29.9 Å². The van der Waals surface area contributed by atoms with Crippen molar-refractivity contribution in [1.29, 1.82) is 0 Å². The summed E-state index contributed by atoms with van der Waals surface area (Å²) in [4.78, 5) is 58.6. The van der Waals surface area contributed by atoms with Gasteiger partial charge in [-0.1, -0.05) is 6.92 Å². The molecule has 56 heavy (non-hydrogen) atoms. The normalized spacial score (nSPS) is 20.4. The molecular weight excluding hydrogens is 720 g/mol. The number of likely N-dealkylation sites (N-methyl/N-ethyl adjacent to an activating group) is 1. The molecule has 5 heterocycles. The van der Waals surface area contributed by atoms with Gasteiger partial charge in [0.1, 0.15) is 23.2 Å². The van der Waals surface area contributed by atoms with Crippen LogP contribution < -0.4 is 25.6 Å². The van der Waals surface area contributed by atoms with E-state index in [1.807, 2.05) is 26.0 Å². The van der Waals surface area contributed by atoms with E-state index in [0.29, 0.717) is 40.4 Å². The summed E-state index contributed by atoms with van der Waals surface area (Å²) in [5.41, 5.74) is 2.75. The topological polar surface area (TPSA) is 168 Å². The Hall–Kier alpha value is -5.90. The van der Waals surface area contributed by atoms with Crippen molar-refractivity contribution in [3.05, 3.63) is 78.1 Å². The number of hydrogen-bond acceptors (Lipinski definition) is 10. The van der Waals surface area contributed by atoms with Crippen LogP contribution in [-0.4, -0.2) is 96.8 Å². The number of carbonyl (C=O) groups excluding carboxylic acids is 4. The van der Waals surface area contributed by atoms with Crippen LogP contribution in [0.15, 0.2) is 61.2 Å². The van der Waals surface area contributed by atoms with E-state index in [1.165, 1.54) is 18.3 Å². The van der Waals surface area contributed by atoms with Crippen molar-refractivity contribution in [2.24, 2.45) is 0 Å². The van der Waals surface area contributed by atoms with Crippen LogP contribution in [0.3, 0.4) is 0 Å².